The first-order chi connectivity index (χ1) is 13.3. The van der Waals surface area contributed by atoms with Crippen LogP contribution in [-0.4, -0.2) is 56.9 Å². The fourth-order valence-electron chi connectivity index (χ4n) is 2.87. The first-order valence-electron chi connectivity index (χ1n) is 8.70. The molecule has 0 saturated carbocycles. The molecule has 1 aliphatic rings. The van der Waals surface area contributed by atoms with E-state index in [1.807, 2.05) is 28.5 Å². The number of nitrogens with zero attached hydrogens (tertiary/aromatic N) is 6. The van der Waals surface area contributed by atoms with Gasteiger partial charge in [-0.25, -0.2) is 19.9 Å². The maximum atomic E-state index is 12.6. The molecule has 9 heteroatoms. The topological polar surface area (TPSA) is 87.1 Å². The van der Waals surface area contributed by atoms with Crippen LogP contribution in [0.1, 0.15) is 5.69 Å². The molecule has 0 spiro atoms. The third kappa shape index (κ3) is 4.37. The molecule has 4 heterocycles. The molecular weight excluding hydrogens is 362 g/mol. The number of hydrogen-bond donors (Lipinski definition) is 1. The first-order valence-corrected chi connectivity index (χ1v) is 9.58. The van der Waals surface area contributed by atoms with Crippen molar-refractivity contribution in [1.82, 2.24) is 24.8 Å². The Morgan fingerprint density at radius 2 is 1.81 bits per heavy atom. The molecule has 138 valence electrons. The maximum absolute atomic E-state index is 12.6. The second kappa shape index (κ2) is 8.09. The van der Waals surface area contributed by atoms with E-state index in [-0.39, 0.29) is 5.91 Å². The number of thiazole rings is 1. The van der Waals surface area contributed by atoms with Crippen molar-refractivity contribution in [3.05, 3.63) is 53.9 Å². The molecule has 0 atom stereocenters. The van der Waals surface area contributed by atoms with Crippen molar-refractivity contribution in [3.63, 3.8) is 0 Å². The summed E-state index contributed by atoms with van der Waals surface area (Å²) in [6.07, 6.45) is 5.50. The second-order valence-corrected chi connectivity index (χ2v) is 6.94. The van der Waals surface area contributed by atoms with Gasteiger partial charge in [-0.05, 0) is 18.2 Å². The Bertz CT molecular complexity index is 879. The van der Waals surface area contributed by atoms with Crippen molar-refractivity contribution < 1.29 is 4.79 Å². The van der Waals surface area contributed by atoms with Crippen molar-refractivity contribution in [3.8, 4) is 0 Å². The average Bonchev–Trinajstić information content (AvgIpc) is 3.16. The Morgan fingerprint density at radius 3 is 2.56 bits per heavy atom. The second-order valence-electron chi connectivity index (χ2n) is 6.08. The molecule has 1 amide bonds. The lowest BCUT2D eigenvalue weighted by Crippen LogP contribution is -2.49. The van der Waals surface area contributed by atoms with Crippen molar-refractivity contribution in [2.45, 2.75) is 6.42 Å². The van der Waals surface area contributed by atoms with Crippen molar-refractivity contribution in [1.29, 1.82) is 0 Å². The molecule has 0 unspecified atom stereocenters. The molecule has 27 heavy (non-hydrogen) atoms. The van der Waals surface area contributed by atoms with Crippen LogP contribution < -0.4 is 10.2 Å². The van der Waals surface area contributed by atoms with Gasteiger partial charge in [0, 0.05) is 50.1 Å². The van der Waals surface area contributed by atoms with Crippen molar-refractivity contribution in [2.75, 3.05) is 36.4 Å². The molecule has 1 saturated heterocycles. The minimum Gasteiger partial charge on any atom is -0.339 e. The van der Waals surface area contributed by atoms with E-state index in [4.69, 9.17) is 0 Å². The smallest absolute Gasteiger partial charge is 0.228 e. The van der Waals surface area contributed by atoms with Crippen LogP contribution in [0.2, 0.25) is 0 Å². The number of pyridine rings is 1. The summed E-state index contributed by atoms with van der Waals surface area (Å²) >= 11 is 1.47. The van der Waals surface area contributed by atoms with E-state index in [0.29, 0.717) is 25.5 Å². The zero-order chi connectivity index (χ0) is 18.5. The lowest BCUT2D eigenvalue weighted by atomic mass is 10.2. The fourth-order valence-corrected chi connectivity index (χ4v) is 3.59. The van der Waals surface area contributed by atoms with Crippen LogP contribution in [0.25, 0.3) is 0 Å². The molecule has 0 aromatic carbocycles. The molecule has 8 nitrogen and oxygen atoms in total. The van der Waals surface area contributed by atoms with E-state index in [9.17, 15) is 4.79 Å². The molecule has 3 aromatic heterocycles. The number of rotatable bonds is 5. The van der Waals surface area contributed by atoms with E-state index in [2.05, 4.69) is 30.2 Å². The third-order valence-electron chi connectivity index (χ3n) is 4.25. The summed E-state index contributed by atoms with van der Waals surface area (Å²) in [5, 5.41) is 5.80. The average molecular weight is 381 g/mol. The first kappa shape index (κ1) is 17.3. The van der Waals surface area contributed by atoms with E-state index in [0.717, 1.165) is 29.7 Å². The van der Waals surface area contributed by atoms with Crippen LogP contribution in [-0.2, 0) is 11.2 Å². The molecule has 0 bridgehead atoms. The largest absolute Gasteiger partial charge is 0.339 e. The Morgan fingerprint density at radius 1 is 1.04 bits per heavy atom. The Hall–Kier alpha value is -3.07. The van der Waals surface area contributed by atoms with Crippen LogP contribution in [0.4, 0.5) is 16.9 Å². The summed E-state index contributed by atoms with van der Waals surface area (Å²) in [6.45, 7) is 2.80. The summed E-state index contributed by atoms with van der Waals surface area (Å²) in [6, 6.07) is 7.45. The monoisotopic (exact) mass is 381 g/mol. The number of amides is 1. The summed E-state index contributed by atoms with van der Waals surface area (Å²) in [7, 11) is 0. The Labute approximate surface area is 160 Å². The van der Waals surface area contributed by atoms with Gasteiger partial charge in [0.1, 0.15) is 5.82 Å². The Kier molecular flexibility index (Phi) is 5.20. The van der Waals surface area contributed by atoms with Gasteiger partial charge in [0.05, 0.1) is 12.1 Å². The minimum absolute atomic E-state index is 0.0957. The van der Waals surface area contributed by atoms with Crippen LogP contribution in [0.3, 0.4) is 0 Å². The van der Waals surface area contributed by atoms with E-state index in [1.165, 1.54) is 11.3 Å². The van der Waals surface area contributed by atoms with Crippen LogP contribution in [0.15, 0.2) is 48.2 Å². The number of hydrogen-bond acceptors (Lipinski definition) is 8. The molecule has 4 rings (SSSR count). The highest BCUT2D eigenvalue weighted by Gasteiger charge is 2.23. The predicted molar refractivity (Wildman–Crippen MR) is 104 cm³/mol. The molecule has 0 radical (unpaired) electrons. The highest BCUT2D eigenvalue weighted by Crippen LogP contribution is 2.20. The van der Waals surface area contributed by atoms with Gasteiger partial charge in [-0.2, -0.15) is 0 Å². The number of nitrogens with one attached hydrogen (secondary N) is 1. The lowest BCUT2D eigenvalue weighted by Gasteiger charge is -2.34. The molecular formula is C18H19N7OS. The molecule has 0 aliphatic carbocycles. The van der Waals surface area contributed by atoms with Crippen LogP contribution in [0, 0.1) is 0 Å². The summed E-state index contributed by atoms with van der Waals surface area (Å²) in [5.41, 5.74) is 0.775. The SMILES string of the molecule is O=C(Cc1csc(Nc2ccccn2)n1)N1CCN(c2ncccn2)CC1. The number of piperazine rings is 1. The normalized spacial score (nSPS) is 14.2. The third-order valence-corrected chi connectivity index (χ3v) is 5.06. The van der Waals surface area contributed by atoms with Gasteiger partial charge in [-0.1, -0.05) is 6.07 Å². The van der Waals surface area contributed by atoms with Crippen LogP contribution in [0.5, 0.6) is 0 Å². The van der Waals surface area contributed by atoms with E-state index < -0.39 is 0 Å². The highest BCUT2D eigenvalue weighted by atomic mass is 32.1. The van der Waals surface area contributed by atoms with Gasteiger partial charge in [0.25, 0.3) is 0 Å². The van der Waals surface area contributed by atoms with Crippen molar-refractivity contribution in [2.24, 2.45) is 0 Å². The quantitative estimate of drug-likeness (QED) is 0.723. The van der Waals surface area contributed by atoms with Crippen molar-refractivity contribution >= 4 is 34.1 Å². The summed E-state index contributed by atoms with van der Waals surface area (Å²) in [5.74, 6) is 1.55. The molecule has 3 aromatic rings. The standard InChI is InChI=1S/C18H19N7OS/c26-16(24-8-10-25(11-9-24)17-20-6-3-7-21-17)12-14-13-27-18(22-14)23-15-4-1-2-5-19-15/h1-7,13H,8-12H2,(H,19,22,23). The molecule has 1 aliphatic heterocycles. The van der Waals surface area contributed by atoms with E-state index in [1.54, 1.807) is 24.7 Å². The van der Waals surface area contributed by atoms with Gasteiger partial charge in [0.15, 0.2) is 5.13 Å². The highest BCUT2D eigenvalue weighted by molar-refractivity contribution is 7.13. The van der Waals surface area contributed by atoms with Gasteiger partial charge in [0.2, 0.25) is 11.9 Å². The minimum atomic E-state index is 0.0957. The number of carbonyl (C=O) groups excluding carboxylic acids is 1. The number of carbonyl (C=O) groups is 1. The number of aromatic nitrogens is 4. The lowest BCUT2D eigenvalue weighted by molar-refractivity contribution is -0.130. The number of anilines is 3. The zero-order valence-corrected chi connectivity index (χ0v) is 15.5. The zero-order valence-electron chi connectivity index (χ0n) is 14.7. The summed E-state index contributed by atoms with van der Waals surface area (Å²) < 4.78 is 0. The van der Waals surface area contributed by atoms with E-state index >= 15 is 0 Å². The van der Waals surface area contributed by atoms with Gasteiger partial charge < -0.3 is 15.1 Å². The summed E-state index contributed by atoms with van der Waals surface area (Å²) in [4.78, 5) is 33.8. The Balaban J connectivity index is 1.30. The molecule has 1 N–H and O–H groups in total. The maximum Gasteiger partial charge on any atom is 0.228 e. The van der Waals surface area contributed by atoms with Gasteiger partial charge in [-0.3, -0.25) is 4.79 Å². The predicted octanol–water partition coefficient (Wildman–Crippen LogP) is 1.96. The fraction of sp³-hybridized carbons (Fsp3) is 0.278. The van der Waals surface area contributed by atoms with Crippen LogP contribution >= 0.6 is 11.3 Å². The van der Waals surface area contributed by atoms with Gasteiger partial charge >= 0.3 is 0 Å². The molecule has 1 fully saturated rings. The van der Waals surface area contributed by atoms with Gasteiger partial charge in [-0.15, -0.1) is 11.3 Å².